The molecule has 7 nitrogen and oxygen atoms in total. The summed E-state index contributed by atoms with van der Waals surface area (Å²) in [6, 6.07) is 9.66. The number of carbonyl (C=O) groups excluding carboxylic acids is 1. The second-order valence-corrected chi connectivity index (χ2v) is 8.44. The average molecular weight is 445 g/mol. The molecular weight excluding hydrogens is 423 g/mol. The summed E-state index contributed by atoms with van der Waals surface area (Å²) in [5, 5.41) is 5.49. The summed E-state index contributed by atoms with van der Waals surface area (Å²) in [6.07, 6.45) is -4.78. The van der Waals surface area contributed by atoms with Crippen molar-refractivity contribution in [1.29, 1.82) is 0 Å². The number of nitrogens with one attached hydrogen (secondary N) is 3. The number of anilines is 2. The van der Waals surface area contributed by atoms with Gasteiger partial charge in [-0.05, 0) is 69.3 Å². The van der Waals surface area contributed by atoms with Crippen molar-refractivity contribution in [2.75, 3.05) is 10.6 Å². The first kappa shape index (κ1) is 23.5. The highest BCUT2D eigenvalue weighted by Crippen LogP contribution is 2.24. The number of rotatable bonds is 8. The Hall–Kier alpha value is -2.79. The molecule has 2 aromatic carbocycles. The van der Waals surface area contributed by atoms with Crippen molar-refractivity contribution in [1.82, 2.24) is 4.72 Å². The fourth-order valence-corrected chi connectivity index (χ4v) is 3.67. The van der Waals surface area contributed by atoms with Crippen LogP contribution in [-0.4, -0.2) is 32.8 Å². The first-order chi connectivity index (χ1) is 13.9. The smallest absolute Gasteiger partial charge is 0.406 e. The lowest BCUT2D eigenvalue weighted by atomic mass is 10.2. The summed E-state index contributed by atoms with van der Waals surface area (Å²) in [5.41, 5.74) is 0.819. The Bertz CT molecular complexity index is 960. The van der Waals surface area contributed by atoms with E-state index in [4.69, 9.17) is 0 Å². The minimum absolute atomic E-state index is 0.0709. The molecule has 0 heterocycles. The molecule has 0 unspecified atom stereocenters. The largest absolute Gasteiger partial charge is 0.573 e. The van der Waals surface area contributed by atoms with E-state index in [0.717, 1.165) is 12.1 Å². The van der Waals surface area contributed by atoms with Crippen molar-refractivity contribution in [3.05, 3.63) is 48.5 Å². The van der Waals surface area contributed by atoms with Gasteiger partial charge in [0.1, 0.15) is 11.8 Å². The van der Waals surface area contributed by atoms with Crippen LogP contribution in [0, 0.1) is 0 Å². The molecule has 0 saturated carbocycles. The van der Waals surface area contributed by atoms with Gasteiger partial charge in [-0.15, -0.1) is 13.2 Å². The van der Waals surface area contributed by atoms with E-state index in [-0.39, 0.29) is 16.7 Å². The average Bonchev–Trinajstić information content (AvgIpc) is 2.61. The van der Waals surface area contributed by atoms with Gasteiger partial charge in [0, 0.05) is 17.4 Å². The van der Waals surface area contributed by atoms with E-state index in [1.54, 1.807) is 20.8 Å². The second-order valence-electron chi connectivity index (χ2n) is 6.73. The zero-order valence-electron chi connectivity index (χ0n) is 16.4. The van der Waals surface area contributed by atoms with Gasteiger partial charge in [-0.2, -0.15) is 0 Å². The fraction of sp³-hybridized carbons (Fsp3) is 0.316. The summed E-state index contributed by atoms with van der Waals surface area (Å²) in [5.74, 6) is -0.784. The van der Waals surface area contributed by atoms with Gasteiger partial charge >= 0.3 is 6.36 Å². The van der Waals surface area contributed by atoms with Crippen LogP contribution in [0.4, 0.5) is 24.5 Å². The third-order valence-corrected chi connectivity index (χ3v) is 5.36. The van der Waals surface area contributed by atoms with Crippen molar-refractivity contribution in [3.8, 4) is 5.75 Å². The Kier molecular flexibility index (Phi) is 7.32. The highest BCUT2D eigenvalue weighted by atomic mass is 32.2. The number of ether oxygens (including phenoxy) is 1. The summed E-state index contributed by atoms with van der Waals surface area (Å²) in [7, 11) is -3.63. The molecule has 0 aliphatic heterocycles. The van der Waals surface area contributed by atoms with Gasteiger partial charge in [0.25, 0.3) is 0 Å². The van der Waals surface area contributed by atoms with Gasteiger partial charge in [-0.1, -0.05) is 0 Å². The molecular formula is C19H22F3N3O4S. The van der Waals surface area contributed by atoms with Gasteiger partial charge in [0.2, 0.25) is 15.9 Å². The van der Waals surface area contributed by atoms with Crippen molar-refractivity contribution in [2.45, 2.75) is 44.1 Å². The van der Waals surface area contributed by atoms with Crippen LogP contribution in [0.2, 0.25) is 0 Å². The number of carbonyl (C=O) groups is 1. The van der Waals surface area contributed by atoms with Crippen LogP contribution >= 0.6 is 0 Å². The normalized spacial score (nSPS) is 13.0. The molecule has 164 valence electrons. The summed E-state index contributed by atoms with van der Waals surface area (Å²) < 4.78 is 67.0. The fourth-order valence-electron chi connectivity index (χ4n) is 2.41. The van der Waals surface area contributed by atoms with E-state index in [1.165, 1.54) is 36.4 Å². The molecule has 0 saturated heterocycles. The zero-order chi connectivity index (χ0) is 22.5. The van der Waals surface area contributed by atoms with Crippen molar-refractivity contribution >= 4 is 27.3 Å². The lowest BCUT2D eigenvalue weighted by Gasteiger charge is -2.16. The van der Waals surface area contributed by atoms with Crippen LogP contribution in [0.1, 0.15) is 20.8 Å². The molecule has 1 atom stereocenters. The molecule has 0 spiro atoms. The van der Waals surface area contributed by atoms with Crippen LogP contribution in [0.25, 0.3) is 0 Å². The summed E-state index contributed by atoms with van der Waals surface area (Å²) >= 11 is 0. The summed E-state index contributed by atoms with van der Waals surface area (Å²) in [6.45, 7) is 4.98. The monoisotopic (exact) mass is 445 g/mol. The maximum absolute atomic E-state index is 12.3. The van der Waals surface area contributed by atoms with Crippen molar-refractivity contribution in [3.63, 3.8) is 0 Å². The highest BCUT2D eigenvalue weighted by molar-refractivity contribution is 7.89. The minimum atomic E-state index is -4.78. The van der Waals surface area contributed by atoms with Crippen LogP contribution in [-0.2, 0) is 14.8 Å². The van der Waals surface area contributed by atoms with Crippen LogP contribution in [0.3, 0.4) is 0 Å². The van der Waals surface area contributed by atoms with Crippen molar-refractivity contribution < 1.29 is 31.1 Å². The Labute approximate surface area is 172 Å². The molecule has 30 heavy (non-hydrogen) atoms. The summed E-state index contributed by atoms with van der Waals surface area (Å²) in [4.78, 5) is 12.4. The SMILES string of the molecule is CC(C)NS(=O)(=O)c1ccc(NC(=O)[C@H](C)Nc2ccc(OC(F)(F)F)cc2)cc1. The van der Waals surface area contributed by atoms with Crippen molar-refractivity contribution in [2.24, 2.45) is 0 Å². The van der Waals surface area contributed by atoms with Crippen LogP contribution in [0.5, 0.6) is 5.75 Å². The molecule has 11 heteroatoms. The first-order valence-corrected chi connectivity index (χ1v) is 10.4. The third-order valence-electron chi connectivity index (χ3n) is 3.69. The number of hydrogen-bond acceptors (Lipinski definition) is 5. The predicted octanol–water partition coefficient (Wildman–Crippen LogP) is 3.71. The molecule has 0 aliphatic carbocycles. The molecule has 0 fully saturated rings. The Morgan fingerprint density at radius 1 is 0.933 bits per heavy atom. The van der Waals surface area contributed by atoms with Crippen LogP contribution < -0.4 is 20.1 Å². The second kappa shape index (κ2) is 9.35. The topological polar surface area (TPSA) is 96.5 Å². The maximum atomic E-state index is 12.3. The van der Waals surface area contributed by atoms with Gasteiger partial charge < -0.3 is 15.4 Å². The Morgan fingerprint density at radius 2 is 1.47 bits per heavy atom. The quantitative estimate of drug-likeness (QED) is 0.576. The number of hydrogen-bond donors (Lipinski definition) is 3. The standard InChI is InChI=1S/C19H22F3N3O4S/c1-12(2)25-30(27,28)17-10-6-15(7-11-17)24-18(26)13(3)23-14-4-8-16(9-5-14)29-19(20,21)22/h4-13,23,25H,1-3H3,(H,24,26)/t13-/m0/s1. The minimum Gasteiger partial charge on any atom is -0.406 e. The Morgan fingerprint density at radius 3 is 1.97 bits per heavy atom. The number of halogens is 3. The molecule has 0 aromatic heterocycles. The number of benzene rings is 2. The first-order valence-electron chi connectivity index (χ1n) is 8.91. The van der Waals surface area contributed by atoms with E-state index in [9.17, 15) is 26.4 Å². The molecule has 3 N–H and O–H groups in total. The van der Waals surface area contributed by atoms with Gasteiger partial charge in [0.05, 0.1) is 4.90 Å². The number of alkyl halides is 3. The molecule has 2 rings (SSSR count). The maximum Gasteiger partial charge on any atom is 0.573 e. The molecule has 0 radical (unpaired) electrons. The number of sulfonamides is 1. The lowest BCUT2D eigenvalue weighted by Crippen LogP contribution is -2.32. The molecule has 2 aromatic rings. The zero-order valence-corrected chi connectivity index (χ0v) is 17.3. The van der Waals surface area contributed by atoms with Gasteiger partial charge in [-0.25, -0.2) is 13.1 Å². The van der Waals surface area contributed by atoms with E-state index in [0.29, 0.717) is 11.4 Å². The highest BCUT2D eigenvalue weighted by Gasteiger charge is 2.31. The van der Waals surface area contributed by atoms with E-state index >= 15 is 0 Å². The Balaban J connectivity index is 1.96. The van der Waals surface area contributed by atoms with Gasteiger partial charge in [0.15, 0.2) is 0 Å². The van der Waals surface area contributed by atoms with Gasteiger partial charge in [-0.3, -0.25) is 4.79 Å². The van der Waals surface area contributed by atoms with E-state index < -0.39 is 28.3 Å². The molecule has 0 bridgehead atoms. The molecule has 0 aliphatic rings. The van der Waals surface area contributed by atoms with Crippen LogP contribution in [0.15, 0.2) is 53.4 Å². The van der Waals surface area contributed by atoms with E-state index in [2.05, 4.69) is 20.1 Å². The number of amides is 1. The predicted molar refractivity (Wildman–Crippen MR) is 107 cm³/mol. The third kappa shape index (κ3) is 7.23. The molecule has 1 amide bonds. The van der Waals surface area contributed by atoms with E-state index in [1.807, 2.05) is 0 Å². The lowest BCUT2D eigenvalue weighted by molar-refractivity contribution is -0.274.